The molecule has 4 rings (SSSR count). The molecule has 1 amide bonds. The number of hydrogen-bond acceptors (Lipinski definition) is 6. The molecule has 4 heterocycles. The Morgan fingerprint density at radius 3 is 2.64 bits per heavy atom. The van der Waals surface area contributed by atoms with Crippen LogP contribution in [0, 0.1) is 6.92 Å². The quantitative estimate of drug-likeness (QED) is 0.833. The Morgan fingerprint density at radius 2 is 1.92 bits per heavy atom. The van der Waals surface area contributed by atoms with Gasteiger partial charge in [-0.25, -0.2) is 9.97 Å². The van der Waals surface area contributed by atoms with Crippen LogP contribution >= 0.6 is 0 Å². The lowest BCUT2D eigenvalue weighted by atomic mass is 10.0. The number of carbonyl (C=O) groups excluding carboxylic acids is 1. The van der Waals surface area contributed by atoms with Crippen LogP contribution in [-0.2, 0) is 17.8 Å². The molecule has 7 heteroatoms. The zero-order valence-corrected chi connectivity index (χ0v) is 15.1. The second kappa shape index (κ2) is 6.53. The van der Waals surface area contributed by atoms with Gasteiger partial charge in [0.25, 0.3) is 0 Å². The van der Waals surface area contributed by atoms with Crippen molar-refractivity contribution in [3.05, 3.63) is 17.1 Å². The Morgan fingerprint density at radius 1 is 1.16 bits per heavy atom. The topological polar surface area (TPSA) is 72.8 Å². The van der Waals surface area contributed by atoms with Crippen molar-refractivity contribution in [1.82, 2.24) is 19.8 Å². The molecule has 0 aromatic carbocycles. The molecule has 2 saturated heterocycles. The number of aliphatic hydroxyl groups excluding tert-OH is 1. The molecule has 2 fully saturated rings. The molecule has 136 valence electrons. The van der Waals surface area contributed by atoms with Gasteiger partial charge in [0.05, 0.1) is 24.4 Å². The minimum atomic E-state index is -0.332. The summed E-state index contributed by atoms with van der Waals surface area (Å²) in [6.45, 7) is 8.41. The number of rotatable bonds is 2. The standard InChI is InChI=1S/C18H27N5O2/c1-12-19-15-9-22(13(2)24)8-5-14(15)18(20-12)23-10-16(17(25)11-23)21-6-3-4-7-21/h16-17,25H,3-11H2,1-2H3/t16-,17-/m0/s1. The summed E-state index contributed by atoms with van der Waals surface area (Å²) in [7, 11) is 0. The first-order valence-electron chi connectivity index (χ1n) is 9.32. The molecule has 25 heavy (non-hydrogen) atoms. The highest BCUT2D eigenvalue weighted by molar-refractivity contribution is 5.73. The number of aromatic nitrogens is 2. The van der Waals surface area contributed by atoms with Crippen molar-refractivity contribution < 1.29 is 9.90 Å². The number of β-amino-alcohol motifs (C(OH)–C–C–N with tert-alkyl or cyclic N) is 1. The van der Waals surface area contributed by atoms with Gasteiger partial charge in [-0.05, 0) is 39.3 Å². The van der Waals surface area contributed by atoms with Crippen molar-refractivity contribution in [3.63, 3.8) is 0 Å². The molecule has 3 aliphatic rings. The summed E-state index contributed by atoms with van der Waals surface area (Å²) in [5.74, 6) is 1.79. The fraction of sp³-hybridized carbons (Fsp3) is 0.722. The number of aliphatic hydroxyl groups is 1. The minimum Gasteiger partial charge on any atom is -0.390 e. The average Bonchev–Trinajstić information content (AvgIpc) is 3.22. The molecule has 1 aromatic rings. The third-order valence-electron chi connectivity index (χ3n) is 5.77. The third kappa shape index (κ3) is 3.11. The smallest absolute Gasteiger partial charge is 0.219 e. The molecule has 0 spiro atoms. The van der Waals surface area contributed by atoms with E-state index in [1.807, 2.05) is 11.8 Å². The normalized spacial score (nSPS) is 27.0. The van der Waals surface area contributed by atoms with E-state index >= 15 is 0 Å². The molecule has 1 aromatic heterocycles. The van der Waals surface area contributed by atoms with Crippen molar-refractivity contribution in [2.45, 2.75) is 51.8 Å². The number of amides is 1. The van der Waals surface area contributed by atoms with Crippen molar-refractivity contribution in [2.24, 2.45) is 0 Å². The van der Waals surface area contributed by atoms with Crippen LogP contribution in [0.4, 0.5) is 5.82 Å². The van der Waals surface area contributed by atoms with Gasteiger partial charge < -0.3 is 14.9 Å². The molecular formula is C18H27N5O2. The van der Waals surface area contributed by atoms with E-state index in [4.69, 9.17) is 4.98 Å². The summed E-state index contributed by atoms with van der Waals surface area (Å²) in [5.41, 5.74) is 2.11. The predicted octanol–water partition coefficient (Wildman–Crippen LogP) is 0.335. The van der Waals surface area contributed by atoms with Crippen LogP contribution in [-0.4, -0.2) is 75.7 Å². The number of carbonyl (C=O) groups is 1. The van der Waals surface area contributed by atoms with Crippen LogP contribution in [0.3, 0.4) is 0 Å². The van der Waals surface area contributed by atoms with Crippen molar-refractivity contribution in [1.29, 1.82) is 0 Å². The lowest BCUT2D eigenvalue weighted by molar-refractivity contribution is -0.129. The monoisotopic (exact) mass is 345 g/mol. The minimum absolute atomic E-state index is 0.0918. The number of fused-ring (bicyclic) bond motifs is 1. The lowest BCUT2D eigenvalue weighted by Crippen LogP contribution is -2.41. The van der Waals surface area contributed by atoms with E-state index in [1.165, 1.54) is 12.8 Å². The summed E-state index contributed by atoms with van der Waals surface area (Å²) in [6.07, 6.45) is 2.91. The first-order valence-corrected chi connectivity index (χ1v) is 9.32. The molecule has 2 atom stereocenters. The van der Waals surface area contributed by atoms with Gasteiger partial charge in [0.1, 0.15) is 11.6 Å². The fourth-order valence-electron chi connectivity index (χ4n) is 4.44. The van der Waals surface area contributed by atoms with Gasteiger partial charge in [-0.15, -0.1) is 0 Å². The number of aryl methyl sites for hydroxylation is 1. The number of likely N-dealkylation sites (tertiary alicyclic amines) is 1. The Kier molecular flexibility index (Phi) is 4.37. The molecule has 0 aliphatic carbocycles. The first-order chi connectivity index (χ1) is 12.0. The van der Waals surface area contributed by atoms with Gasteiger partial charge in [-0.1, -0.05) is 0 Å². The van der Waals surface area contributed by atoms with Gasteiger partial charge >= 0.3 is 0 Å². The predicted molar refractivity (Wildman–Crippen MR) is 94.4 cm³/mol. The maximum atomic E-state index is 11.7. The van der Waals surface area contributed by atoms with Crippen LogP contribution in [0.15, 0.2) is 0 Å². The molecule has 0 unspecified atom stereocenters. The zero-order chi connectivity index (χ0) is 17.6. The van der Waals surface area contributed by atoms with Gasteiger partial charge in [0, 0.05) is 32.1 Å². The van der Waals surface area contributed by atoms with Crippen LogP contribution in [0.25, 0.3) is 0 Å². The summed E-state index contributed by atoms with van der Waals surface area (Å²) in [5, 5.41) is 10.6. The van der Waals surface area contributed by atoms with Crippen molar-refractivity contribution >= 4 is 11.7 Å². The first kappa shape index (κ1) is 16.7. The summed E-state index contributed by atoms with van der Waals surface area (Å²) >= 11 is 0. The van der Waals surface area contributed by atoms with E-state index < -0.39 is 0 Å². The van der Waals surface area contributed by atoms with Gasteiger partial charge in [-0.3, -0.25) is 9.69 Å². The maximum Gasteiger partial charge on any atom is 0.219 e. The van der Waals surface area contributed by atoms with Gasteiger partial charge in [-0.2, -0.15) is 0 Å². The zero-order valence-electron chi connectivity index (χ0n) is 15.1. The van der Waals surface area contributed by atoms with Crippen LogP contribution in [0.5, 0.6) is 0 Å². The second-order valence-electron chi connectivity index (χ2n) is 7.49. The highest BCUT2D eigenvalue weighted by Gasteiger charge is 2.38. The van der Waals surface area contributed by atoms with E-state index in [1.54, 1.807) is 6.92 Å². The van der Waals surface area contributed by atoms with E-state index in [9.17, 15) is 9.90 Å². The van der Waals surface area contributed by atoms with E-state index in [0.29, 0.717) is 19.6 Å². The largest absolute Gasteiger partial charge is 0.390 e. The molecule has 0 radical (unpaired) electrons. The van der Waals surface area contributed by atoms with Gasteiger partial charge in [0.2, 0.25) is 5.91 Å². The van der Waals surface area contributed by atoms with E-state index in [2.05, 4.69) is 14.8 Å². The van der Waals surface area contributed by atoms with Crippen LogP contribution in [0.2, 0.25) is 0 Å². The molecule has 1 N–H and O–H groups in total. The van der Waals surface area contributed by atoms with E-state index in [0.717, 1.165) is 49.0 Å². The van der Waals surface area contributed by atoms with Crippen molar-refractivity contribution in [3.8, 4) is 0 Å². The van der Waals surface area contributed by atoms with Crippen LogP contribution < -0.4 is 4.90 Å². The summed E-state index contributed by atoms with van der Waals surface area (Å²) in [4.78, 5) is 27.5. The molecule has 0 saturated carbocycles. The fourth-order valence-corrected chi connectivity index (χ4v) is 4.44. The average molecular weight is 345 g/mol. The lowest BCUT2D eigenvalue weighted by Gasteiger charge is -2.31. The number of anilines is 1. The maximum absolute atomic E-state index is 11.7. The van der Waals surface area contributed by atoms with Crippen molar-refractivity contribution in [2.75, 3.05) is 37.6 Å². The van der Waals surface area contributed by atoms with Gasteiger partial charge in [0.15, 0.2) is 0 Å². The molecular weight excluding hydrogens is 318 g/mol. The molecule has 0 bridgehead atoms. The van der Waals surface area contributed by atoms with Crippen LogP contribution in [0.1, 0.15) is 36.8 Å². The summed E-state index contributed by atoms with van der Waals surface area (Å²) in [6, 6.07) is 0.200. The second-order valence-corrected chi connectivity index (χ2v) is 7.49. The Labute approximate surface area is 148 Å². The Bertz CT molecular complexity index is 674. The molecule has 7 nitrogen and oxygen atoms in total. The highest BCUT2D eigenvalue weighted by atomic mass is 16.3. The third-order valence-corrected chi connectivity index (χ3v) is 5.77. The SMILES string of the molecule is CC(=O)N1CCc2c(nc(C)nc2N2C[C@H](O)[C@@H](N3CCCC3)C2)C1. The number of nitrogens with zero attached hydrogens (tertiary/aromatic N) is 5. The number of hydrogen-bond donors (Lipinski definition) is 1. The summed E-state index contributed by atoms with van der Waals surface area (Å²) < 4.78 is 0. The Hall–Kier alpha value is -1.73. The highest BCUT2D eigenvalue weighted by Crippen LogP contribution is 2.30. The Balaban J connectivity index is 1.60. The van der Waals surface area contributed by atoms with E-state index in [-0.39, 0.29) is 18.1 Å². The molecule has 3 aliphatic heterocycles.